The average molecular weight is 184 g/mol. The lowest BCUT2D eigenvalue weighted by Gasteiger charge is -2.24. The fourth-order valence-electron chi connectivity index (χ4n) is 1.83. The molecule has 3 nitrogen and oxygen atoms in total. The molecule has 1 fully saturated rings. The zero-order chi connectivity index (χ0) is 9.73. The van der Waals surface area contributed by atoms with Crippen LogP contribution in [0.1, 0.15) is 33.1 Å². The summed E-state index contributed by atoms with van der Waals surface area (Å²) in [7, 11) is 0. The van der Waals surface area contributed by atoms with E-state index in [9.17, 15) is 4.79 Å². The molecule has 3 heteroatoms. The molecule has 1 rings (SSSR count). The molecule has 1 aliphatic heterocycles. The Morgan fingerprint density at radius 2 is 2.31 bits per heavy atom. The van der Waals surface area contributed by atoms with Gasteiger partial charge in [0.05, 0.1) is 5.41 Å². The van der Waals surface area contributed by atoms with E-state index in [4.69, 9.17) is 0 Å². The molecule has 0 aromatic carbocycles. The topological polar surface area (TPSA) is 41.1 Å². The monoisotopic (exact) mass is 184 g/mol. The third-order valence-corrected chi connectivity index (χ3v) is 2.94. The second-order valence-electron chi connectivity index (χ2n) is 3.82. The summed E-state index contributed by atoms with van der Waals surface area (Å²) in [5.74, 6) is 0.238. The van der Waals surface area contributed by atoms with E-state index in [1.165, 1.54) is 0 Å². The zero-order valence-corrected chi connectivity index (χ0v) is 8.65. The van der Waals surface area contributed by atoms with Crippen LogP contribution in [0.25, 0.3) is 0 Å². The fourth-order valence-corrected chi connectivity index (χ4v) is 1.83. The summed E-state index contributed by atoms with van der Waals surface area (Å²) in [5.41, 5.74) is -0.116. The van der Waals surface area contributed by atoms with E-state index in [1.807, 2.05) is 0 Å². The molecule has 0 spiro atoms. The van der Waals surface area contributed by atoms with Crippen LogP contribution < -0.4 is 10.6 Å². The lowest BCUT2D eigenvalue weighted by molar-refractivity contribution is -0.130. The first-order chi connectivity index (χ1) is 6.25. The molecule has 1 saturated heterocycles. The van der Waals surface area contributed by atoms with Crippen molar-refractivity contribution >= 4 is 5.91 Å². The number of carbonyl (C=O) groups excluding carboxylic acids is 1. The van der Waals surface area contributed by atoms with Crippen LogP contribution >= 0.6 is 0 Å². The quantitative estimate of drug-likeness (QED) is 0.681. The molecule has 1 atom stereocenters. The second-order valence-corrected chi connectivity index (χ2v) is 3.82. The maximum absolute atomic E-state index is 11.8. The van der Waals surface area contributed by atoms with Crippen LogP contribution in [0.15, 0.2) is 0 Å². The maximum atomic E-state index is 11.8. The van der Waals surface area contributed by atoms with E-state index in [0.717, 1.165) is 38.9 Å². The molecule has 2 N–H and O–H groups in total. The summed E-state index contributed by atoms with van der Waals surface area (Å²) in [6.07, 6.45) is 2.94. The van der Waals surface area contributed by atoms with Crippen molar-refractivity contribution in [2.75, 3.05) is 19.6 Å². The standard InChI is InChI=1S/C10H20N2O/c1-3-6-12-9(13)10(4-2)5-7-11-8-10/h11H,3-8H2,1-2H3,(H,12,13). The lowest BCUT2D eigenvalue weighted by Crippen LogP contribution is -2.42. The number of amides is 1. The van der Waals surface area contributed by atoms with Crippen molar-refractivity contribution in [3.8, 4) is 0 Å². The van der Waals surface area contributed by atoms with Crippen LogP contribution in [0.3, 0.4) is 0 Å². The molecule has 0 radical (unpaired) electrons. The Bertz CT molecular complexity index is 174. The number of hydrogen-bond acceptors (Lipinski definition) is 2. The second kappa shape index (κ2) is 4.61. The summed E-state index contributed by atoms with van der Waals surface area (Å²) in [4.78, 5) is 11.8. The minimum Gasteiger partial charge on any atom is -0.356 e. The summed E-state index contributed by atoms with van der Waals surface area (Å²) in [5, 5.41) is 6.25. The van der Waals surface area contributed by atoms with E-state index in [0.29, 0.717) is 0 Å². The SMILES string of the molecule is CCCNC(=O)C1(CC)CCNC1. The molecular formula is C10H20N2O. The van der Waals surface area contributed by atoms with Gasteiger partial charge in [-0.05, 0) is 25.8 Å². The largest absolute Gasteiger partial charge is 0.356 e. The normalized spacial score (nSPS) is 27.5. The third-order valence-electron chi connectivity index (χ3n) is 2.94. The van der Waals surface area contributed by atoms with Gasteiger partial charge in [0.15, 0.2) is 0 Å². The molecule has 0 aliphatic carbocycles. The van der Waals surface area contributed by atoms with E-state index in [-0.39, 0.29) is 11.3 Å². The molecule has 0 bridgehead atoms. The van der Waals surface area contributed by atoms with E-state index >= 15 is 0 Å². The van der Waals surface area contributed by atoms with Crippen LogP contribution in [0, 0.1) is 5.41 Å². The highest BCUT2D eigenvalue weighted by Crippen LogP contribution is 2.29. The van der Waals surface area contributed by atoms with Crippen molar-refractivity contribution in [1.82, 2.24) is 10.6 Å². The Morgan fingerprint density at radius 3 is 2.77 bits per heavy atom. The summed E-state index contributed by atoms with van der Waals surface area (Å²) in [6, 6.07) is 0. The van der Waals surface area contributed by atoms with Gasteiger partial charge in [0.1, 0.15) is 0 Å². The molecule has 0 aromatic heterocycles. The van der Waals surface area contributed by atoms with Gasteiger partial charge >= 0.3 is 0 Å². The van der Waals surface area contributed by atoms with Gasteiger partial charge in [-0.25, -0.2) is 0 Å². The van der Waals surface area contributed by atoms with Crippen LogP contribution in [-0.2, 0) is 4.79 Å². The van der Waals surface area contributed by atoms with Gasteiger partial charge in [0.2, 0.25) is 5.91 Å². The van der Waals surface area contributed by atoms with Crippen molar-refractivity contribution in [2.24, 2.45) is 5.41 Å². The first-order valence-electron chi connectivity index (χ1n) is 5.24. The van der Waals surface area contributed by atoms with Gasteiger partial charge in [0.25, 0.3) is 0 Å². The fraction of sp³-hybridized carbons (Fsp3) is 0.900. The van der Waals surface area contributed by atoms with Crippen molar-refractivity contribution < 1.29 is 4.79 Å². The minimum absolute atomic E-state index is 0.116. The molecule has 1 unspecified atom stereocenters. The first-order valence-corrected chi connectivity index (χ1v) is 5.24. The van der Waals surface area contributed by atoms with Crippen LogP contribution in [0.2, 0.25) is 0 Å². The number of carbonyl (C=O) groups is 1. The first kappa shape index (κ1) is 10.5. The Kier molecular flexibility index (Phi) is 3.72. The van der Waals surface area contributed by atoms with Crippen molar-refractivity contribution in [1.29, 1.82) is 0 Å². The predicted octanol–water partition coefficient (Wildman–Crippen LogP) is 0.902. The smallest absolute Gasteiger partial charge is 0.227 e. The van der Waals surface area contributed by atoms with Crippen molar-refractivity contribution in [3.63, 3.8) is 0 Å². The molecular weight excluding hydrogens is 164 g/mol. The minimum atomic E-state index is -0.116. The van der Waals surface area contributed by atoms with Gasteiger partial charge in [0, 0.05) is 13.1 Å². The molecule has 0 aromatic rings. The molecule has 76 valence electrons. The van der Waals surface area contributed by atoms with Crippen molar-refractivity contribution in [3.05, 3.63) is 0 Å². The van der Waals surface area contributed by atoms with Gasteiger partial charge in [-0.3, -0.25) is 4.79 Å². The number of nitrogens with one attached hydrogen (secondary N) is 2. The van der Waals surface area contributed by atoms with Crippen LogP contribution in [0.5, 0.6) is 0 Å². The Morgan fingerprint density at radius 1 is 1.54 bits per heavy atom. The highest BCUT2D eigenvalue weighted by molar-refractivity contribution is 5.83. The van der Waals surface area contributed by atoms with Gasteiger partial charge in [-0.2, -0.15) is 0 Å². The van der Waals surface area contributed by atoms with E-state index in [1.54, 1.807) is 0 Å². The zero-order valence-electron chi connectivity index (χ0n) is 8.65. The van der Waals surface area contributed by atoms with E-state index in [2.05, 4.69) is 24.5 Å². The highest BCUT2D eigenvalue weighted by Gasteiger charge is 2.38. The Labute approximate surface area is 80.3 Å². The van der Waals surface area contributed by atoms with Crippen molar-refractivity contribution in [2.45, 2.75) is 33.1 Å². The molecule has 0 saturated carbocycles. The van der Waals surface area contributed by atoms with Gasteiger partial charge < -0.3 is 10.6 Å². The van der Waals surface area contributed by atoms with Crippen LogP contribution in [-0.4, -0.2) is 25.5 Å². The van der Waals surface area contributed by atoms with Crippen LogP contribution in [0.4, 0.5) is 0 Å². The molecule has 1 amide bonds. The Hall–Kier alpha value is -0.570. The summed E-state index contributed by atoms with van der Waals surface area (Å²) < 4.78 is 0. The number of rotatable bonds is 4. The van der Waals surface area contributed by atoms with Gasteiger partial charge in [-0.1, -0.05) is 13.8 Å². The molecule has 1 aliphatic rings. The summed E-state index contributed by atoms with van der Waals surface area (Å²) in [6.45, 7) is 6.80. The van der Waals surface area contributed by atoms with Gasteiger partial charge in [-0.15, -0.1) is 0 Å². The molecule has 13 heavy (non-hydrogen) atoms. The molecule has 1 heterocycles. The Balaban J connectivity index is 2.49. The predicted molar refractivity (Wildman–Crippen MR) is 53.5 cm³/mol. The number of hydrogen-bond donors (Lipinski definition) is 2. The van der Waals surface area contributed by atoms with E-state index < -0.39 is 0 Å². The third kappa shape index (κ3) is 2.21. The average Bonchev–Trinajstić information content (AvgIpc) is 2.63. The lowest BCUT2D eigenvalue weighted by atomic mass is 9.83. The summed E-state index contributed by atoms with van der Waals surface area (Å²) >= 11 is 0. The highest BCUT2D eigenvalue weighted by atomic mass is 16.2. The maximum Gasteiger partial charge on any atom is 0.227 e.